The van der Waals surface area contributed by atoms with Gasteiger partial charge in [0.05, 0.1) is 11.9 Å². The zero-order chi connectivity index (χ0) is 27.0. The number of amides is 2. The van der Waals surface area contributed by atoms with E-state index in [1.165, 1.54) is 4.31 Å². The average molecular weight is 548 g/mol. The zero-order valence-electron chi connectivity index (χ0n) is 22.0. The largest absolute Gasteiger partial charge is 0.352 e. The van der Waals surface area contributed by atoms with Crippen LogP contribution in [-0.2, 0) is 26.2 Å². The Morgan fingerprint density at radius 1 is 1.08 bits per heavy atom. The van der Waals surface area contributed by atoms with Crippen molar-refractivity contribution in [2.45, 2.75) is 77.4 Å². The second-order valence-electron chi connectivity index (χ2n) is 9.74. The highest BCUT2D eigenvalue weighted by atomic mass is 35.5. The van der Waals surface area contributed by atoms with Gasteiger partial charge in [0.2, 0.25) is 21.8 Å². The maximum atomic E-state index is 13.5. The predicted molar refractivity (Wildman–Crippen MR) is 149 cm³/mol. The van der Waals surface area contributed by atoms with Crippen LogP contribution in [0.1, 0.15) is 63.0 Å². The Morgan fingerprint density at radius 3 is 2.38 bits per heavy atom. The fraction of sp³-hybridized carbons (Fsp3) is 0.500. The normalized spacial score (nSPS) is 14.8. The first-order valence-corrected chi connectivity index (χ1v) is 15.2. The summed E-state index contributed by atoms with van der Waals surface area (Å²) in [5.74, 6) is -0.292. The van der Waals surface area contributed by atoms with Crippen molar-refractivity contribution >= 4 is 39.1 Å². The molecule has 9 heteroatoms. The van der Waals surface area contributed by atoms with E-state index in [1.807, 2.05) is 37.3 Å². The minimum Gasteiger partial charge on any atom is -0.352 e. The first-order valence-electron chi connectivity index (χ1n) is 13.0. The van der Waals surface area contributed by atoms with Gasteiger partial charge in [-0.3, -0.25) is 13.9 Å². The Kier molecular flexibility index (Phi) is 10.4. The van der Waals surface area contributed by atoms with Crippen LogP contribution in [0.2, 0.25) is 5.02 Å². The van der Waals surface area contributed by atoms with E-state index in [0.29, 0.717) is 35.7 Å². The van der Waals surface area contributed by atoms with Crippen molar-refractivity contribution in [3.05, 3.63) is 64.7 Å². The second-order valence-corrected chi connectivity index (χ2v) is 12.1. The lowest BCUT2D eigenvalue weighted by atomic mass is 10.1. The maximum Gasteiger partial charge on any atom is 0.243 e. The van der Waals surface area contributed by atoms with Crippen LogP contribution >= 0.6 is 11.6 Å². The van der Waals surface area contributed by atoms with E-state index < -0.39 is 16.1 Å². The highest BCUT2D eigenvalue weighted by Gasteiger charge is 2.30. The van der Waals surface area contributed by atoms with E-state index >= 15 is 0 Å². The summed E-state index contributed by atoms with van der Waals surface area (Å²) in [6.07, 6.45) is 6.23. The van der Waals surface area contributed by atoms with E-state index in [4.69, 9.17) is 11.6 Å². The van der Waals surface area contributed by atoms with Crippen molar-refractivity contribution in [2.24, 2.45) is 0 Å². The Hall–Kier alpha value is -2.58. The minimum atomic E-state index is -3.59. The van der Waals surface area contributed by atoms with Crippen LogP contribution < -0.4 is 9.62 Å². The first-order chi connectivity index (χ1) is 17.6. The highest BCUT2D eigenvalue weighted by Crippen LogP contribution is 2.28. The molecule has 1 aliphatic rings. The molecule has 0 bridgehead atoms. The zero-order valence-corrected chi connectivity index (χ0v) is 23.5. The van der Waals surface area contributed by atoms with Crippen LogP contribution in [0.4, 0.5) is 5.69 Å². The smallest absolute Gasteiger partial charge is 0.243 e. The van der Waals surface area contributed by atoms with Gasteiger partial charge in [0, 0.05) is 30.6 Å². The summed E-state index contributed by atoms with van der Waals surface area (Å²) in [6.45, 7) is 4.14. The van der Waals surface area contributed by atoms with Crippen LogP contribution in [-0.4, -0.2) is 50.0 Å². The van der Waals surface area contributed by atoms with E-state index in [-0.39, 0.29) is 30.8 Å². The third-order valence-electron chi connectivity index (χ3n) is 6.94. The van der Waals surface area contributed by atoms with E-state index in [2.05, 4.69) is 5.32 Å². The van der Waals surface area contributed by atoms with E-state index in [1.54, 1.807) is 30.0 Å². The van der Waals surface area contributed by atoms with Gasteiger partial charge in [-0.05, 0) is 55.9 Å². The number of hydrogen-bond acceptors (Lipinski definition) is 4. The Bertz CT molecular complexity index is 1170. The molecule has 37 heavy (non-hydrogen) atoms. The van der Waals surface area contributed by atoms with Crippen molar-refractivity contribution in [3.63, 3.8) is 0 Å². The molecule has 2 aromatic rings. The molecule has 0 saturated heterocycles. The molecular formula is C28H38ClN3O4S. The lowest BCUT2D eigenvalue weighted by molar-refractivity contribution is -0.141. The molecule has 1 fully saturated rings. The third-order valence-corrected chi connectivity index (χ3v) is 8.53. The fourth-order valence-electron chi connectivity index (χ4n) is 4.92. The van der Waals surface area contributed by atoms with E-state index in [0.717, 1.165) is 37.5 Å². The molecule has 0 aromatic heterocycles. The van der Waals surface area contributed by atoms with Crippen LogP contribution in [0.15, 0.2) is 48.5 Å². The number of carbonyl (C=O) groups excluding carboxylic acids is 2. The van der Waals surface area contributed by atoms with Crippen LogP contribution in [0.25, 0.3) is 0 Å². The van der Waals surface area contributed by atoms with Gasteiger partial charge in [0.25, 0.3) is 0 Å². The summed E-state index contributed by atoms with van der Waals surface area (Å²) >= 11 is 6.23. The maximum absolute atomic E-state index is 13.5. The summed E-state index contributed by atoms with van der Waals surface area (Å²) in [6, 6.07) is 14.3. The molecule has 1 atom stereocenters. The number of hydrogen-bond donors (Lipinski definition) is 1. The summed E-state index contributed by atoms with van der Waals surface area (Å²) in [5.41, 5.74) is 2.11. The van der Waals surface area contributed by atoms with Crippen LogP contribution in [0, 0.1) is 6.92 Å². The quantitative estimate of drug-likeness (QED) is 0.402. The van der Waals surface area contributed by atoms with Crippen molar-refractivity contribution < 1.29 is 18.0 Å². The molecule has 1 aliphatic carbocycles. The summed E-state index contributed by atoms with van der Waals surface area (Å²) < 4.78 is 26.5. The molecule has 1 saturated carbocycles. The van der Waals surface area contributed by atoms with Crippen LogP contribution in [0.3, 0.4) is 0 Å². The van der Waals surface area contributed by atoms with Crippen molar-refractivity contribution in [1.29, 1.82) is 0 Å². The third kappa shape index (κ3) is 7.95. The molecular weight excluding hydrogens is 510 g/mol. The van der Waals surface area contributed by atoms with E-state index in [9.17, 15) is 18.0 Å². The average Bonchev–Trinajstić information content (AvgIpc) is 3.36. The molecule has 1 N–H and O–H groups in total. The Balaban J connectivity index is 1.75. The number of anilines is 1. The molecule has 0 spiro atoms. The van der Waals surface area contributed by atoms with Crippen LogP contribution in [0.5, 0.6) is 0 Å². The molecule has 7 nitrogen and oxygen atoms in total. The standard InChI is InChI=1S/C28H38ClN3O4S/c1-4-25(28(34)30-23-14-8-9-15-23)31(20-22-12-6-5-7-13-22)27(33)18-11-19-32(37(3,35)36)26-17-10-16-24(29)21(26)2/h5-7,10,12-13,16-17,23,25H,4,8-9,11,14-15,18-20H2,1-3H3,(H,30,34). The van der Waals surface area contributed by atoms with Gasteiger partial charge in [0.1, 0.15) is 6.04 Å². The number of sulfonamides is 1. The van der Waals surface area contributed by atoms with Gasteiger partial charge in [-0.2, -0.15) is 0 Å². The molecule has 0 heterocycles. The summed E-state index contributed by atoms with van der Waals surface area (Å²) in [5, 5.41) is 3.63. The molecule has 202 valence electrons. The number of nitrogens with one attached hydrogen (secondary N) is 1. The minimum absolute atomic E-state index is 0.117. The number of carbonyl (C=O) groups is 2. The Morgan fingerprint density at radius 2 is 1.76 bits per heavy atom. The molecule has 0 aliphatic heterocycles. The van der Waals surface area contributed by atoms with Gasteiger partial charge in [0.15, 0.2) is 0 Å². The monoisotopic (exact) mass is 547 g/mol. The van der Waals surface area contributed by atoms with Gasteiger partial charge < -0.3 is 10.2 Å². The molecule has 2 amide bonds. The number of halogens is 1. The molecule has 0 radical (unpaired) electrons. The molecule has 1 unspecified atom stereocenters. The SMILES string of the molecule is CCC(C(=O)NC1CCCC1)N(Cc1ccccc1)C(=O)CCCN(c1cccc(Cl)c1C)S(C)(=O)=O. The fourth-order valence-corrected chi connectivity index (χ4v) is 6.10. The van der Waals surface area contributed by atoms with Gasteiger partial charge in [-0.1, -0.05) is 67.8 Å². The van der Waals surface area contributed by atoms with Gasteiger partial charge in [-0.25, -0.2) is 8.42 Å². The van der Waals surface area contributed by atoms with Gasteiger partial charge in [-0.15, -0.1) is 0 Å². The van der Waals surface area contributed by atoms with Crippen molar-refractivity contribution in [3.8, 4) is 0 Å². The van der Waals surface area contributed by atoms with Gasteiger partial charge >= 0.3 is 0 Å². The molecule has 3 rings (SSSR count). The number of benzene rings is 2. The highest BCUT2D eigenvalue weighted by molar-refractivity contribution is 7.92. The topological polar surface area (TPSA) is 86.8 Å². The summed E-state index contributed by atoms with van der Waals surface area (Å²) in [7, 11) is -3.59. The Labute approximate surface area is 226 Å². The summed E-state index contributed by atoms with van der Waals surface area (Å²) in [4.78, 5) is 28.4. The lowest BCUT2D eigenvalue weighted by Crippen LogP contribution is -2.51. The number of rotatable bonds is 12. The predicted octanol–water partition coefficient (Wildman–Crippen LogP) is 5.06. The number of nitrogens with zero attached hydrogens (tertiary/aromatic N) is 2. The van der Waals surface area contributed by atoms with Crippen molar-refractivity contribution in [2.75, 3.05) is 17.1 Å². The second kappa shape index (κ2) is 13.3. The van der Waals surface area contributed by atoms with Crippen molar-refractivity contribution in [1.82, 2.24) is 10.2 Å². The molecule has 2 aromatic carbocycles. The first kappa shape index (κ1) is 29.0. The lowest BCUT2D eigenvalue weighted by Gasteiger charge is -2.32.